The lowest BCUT2D eigenvalue weighted by molar-refractivity contribution is 0.287. The molecule has 0 aliphatic carbocycles. The molecule has 0 saturated heterocycles. The molecule has 0 aliphatic heterocycles. The summed E-state index contributed by atoms with van der Waals surface area (Å²) in [4.78, 5) is 0. The molecule has 6 heteroatoms. The monoisotopic (exact) mass is 336 g/mol. The van der Waals surface area contributed by atoms with Crippen molar-refractivity contribution in [2.24, 2.45) is 0 Å². The van der Waals surface area contributed by atoms with Gasteiger partial charge < -0.3 is 15.4 Å². The van der Waals surface area contributed by atoms with Crippen LogP contribution in [0.4, 0.5) is 14.5 Å². The number of hydrogen-bond acceptors (Lipinski definition) is 2. The Kier molecular flexibility index (Phi) is 5.87. The van der Waals surface area contributed by atoms with Gasteiger partial charge in [0.2, 0.25) is 0 Å². The number of hydrogen-bond donors (Lipinski definition) is 2. The van der Waals surface area contributed by atoms with Gasteiger partial charge in [-0.3, -0.25) is 0 Å². The van der Waals surface area contributed by atoms with Gasteiger partial charge in [0.25, 0.3) is 0 Å². The second kappa shape index (κ2) is 7.87. The number of para-hydroxylation sites is 1. The Morgan fingerprint density at radius 3 is 2.35 bits per heavy atom. The topological polar surface area (TPSA) is 33.3 Å². The van der Waals surface area contributed by atoms with Crippen LogP contribution in [-0.2, 0) is 0 Å². The first kappa shape index (κ1) is 17.1. The molecule has 0 spiro atoms. The molecule has 0 fully saturated rings. The van der Waals surface area contributed by atoms with Crippen LogP contribution >= 0.6 is 12.2 Å². The normalized spacial score (nSPS) is 11.7. The quantitative estimate of drug-likeness (QED) is 0.808. The molecule has 3 nitrogen and oxygen atoms in total. The van der Waals surface area contributed by atoms with Gasteiger partial charge in [-0.1, -0.05) is 23.8 Å². The number of anilines is 1. The maximum absolute atomic E-state index is 13.5. The summed E-state index contributed by atoms with van der Waals surface area (Å²) in [5.41, 5.74) is 0.887. The van der Waals surface area contributed by atoms with E-state index in [2.05, 4.69) is 10.6 Å². The van der Waals surface area contributed by atoms with Crippen molar-refractivity contribution in [2.45, 2.75) is 19.9 Å². The van der Waals surface area contributed by atoms with Crippen LogP contribution in [-0.4, -0.2) is 17.8 Å². The van der Waals surface area contributed by atoms with Crippen LogP contribution < -0.4 is 15.4 Å². The van der Waals surface area contributed by atoms with Gasteiger partial charge in [0.05, 0.1) is 6.04 Å². The van der Waals surface area contributed by atoms with Crippen molar-refractivity contribution in [2.75, 3.05) is 11.9 Å². The van der Waals surface area contributed by atoms with E-state index in [-0.39, 0.29) is 16.8 Å². The SMILES string of the molecule is Cc1ccc(OC[C@@H](C)NC(=S)Nc2c(F)cccc2F)cc1. The number of ether oxygens (including phenoxy) is 1. The minimum absolute atomic E-state index is 0.133. The lowest BCUT2D eigenvalue weighted by atomic mass is 10.2. The van der Waals surface area contributed by atoms with Crippen molar-refractivity contribution < 1.29 is 13.5 Å². The number of thiocarbonyl (C=S) groups is 1. The van der Waals surface area contributed by atoms with Crippen LogP contribution in [0.15, 0.2) is 42.5 Å². The summed E-state index contributed by atoms with van der Waals surface area (Å²) in [6.45, 7) is 4.23. The zero-order chi connectivity index (χ0) is 16.8. The predicted molar refractivity (Wildman–Crippen MR) is 91.9 cm³/mol. The second-order valence-electron chi connectivity index (χ2n) is 5.22. The van der Waals surface area contributed by atoms with Crippen molar-refractivity contribution in [3.05, 3.63) is 59.7 Å². The van der Waals surface area contributed by atoms with Gasteiger partial charge in [0, 0.05) is 0 Å². The summed E-state index contributed by atoms with van der Waals surface area (Å²) in [5, 5.41) is 5.59. The third-order valence-electron chi connectivity index (χ3n) is 3.10. The molecule has 1 atom stereocenters. The molecule has 122 valence electrons. The summed E-state index contributed by atoms with van der Waals surface area (Å²) in [6.07, 6.45) is 0. The average molecular weight is 336 g/mol. The van der Waals surface area contributed by atoms with Crippen molar-refractivity contribution in [3.63, 3.8) is 0 Å². The average Bonchev–Trinajstić information content (AvgIpc) is 2.50. The molecule has 2 aromatic rings. The van der Waals surface area contributed by atoms with Gasteiger partial charge in [-0.25, -0.2) is 8.78 Å². The van der Waals surface area contributed by atoms with Crippen LogP contribution in [0, 0.1) is 18.6 Å². The van der Waals surface area contributed by atoms with E-state index in [9.17, 15) is 8.78 Å². The fourth-order valence-corrected chi connectivity index (χ4v) is 2.19. The molecule has 23 heavy (non-hydrogen) atoms. The van der Waals surface area contributed by atoms with Crippen molar-refractivity contribution in [3.8, 4) is 5.75 Å². The van der Waals surface area contributed by atoms with Gasteiger partial charge in [-0.15, -0.1) is 0 Å². The number of aryl methyl sites for hydroxylation is 1. The van der Waals surface area contributed by atoms with Gasteiger partial charge in [0.15, 0.2) is 5.11 Å². The van der Waals surface area contributed by atoms with Crippen molar-refractivity contribution >= 4 is 23.0 Å². The van der Waals surface area contributed by atoms with E-state index in [0.29, 0.717) is 6.61 Å². The van der Waals surface area contributed by atoms with Crippen molar-refractivity contribution in [1.29, 1.82) is 0 Å². The summed E-state index contributed by atoms with van der Waals surface area (Å²) in [6, 6.07) is 11.2. The highest BCUT2D eigenvalue weighted by atomic mass is 32.1. The van der Waals surface area contributed by atoms with E-state index in [1.807, 2.05) is 38.1 Å². The first-order valence-corrected chi connectivity index (χ1v) is 7.57. The first-order valence-electron chi connectivity index (χ1n) is 7.16. The lowest BCUT2D eigenvalue weighted by Crippen LogP contribution is -2.39. The van der Waals surface area contributed by atoms with E-state index in [0.717, 1.165) is 23.4 Å². The van der Waals surface area contributed by atoms with Crippen LogP contribution in [0.2, 0.25) is 0 Å². The second-order valence-corrected chi connectivity index (χ2v) is 5.63. The molecule has 0 aliphatic rings. The predicted octanol–water partition coefficient (Wildman–Crippen LogP) is 4.03. The molecule has 0 radical (unpaired) electrons. The molecule has 0 bridgehead atoms. The molecule has 2 aromatic carbocycles. The summed E-state index contributed by atoms with van der Waals surface area (Å²) in [5.74, 6) is -0.640. The van der Waals surface area contributed by atoms with E-state index in [1.54, 1.807) is 0 Å². The Hall–Kier alpha value is -2.21. The zero-order valence-electron chi connectivity index (χ0n) is 12.9. The van der Waals surface area contributed by atoms with Crippen LogP contribution in [0.3, 0.4) is 0 Å². The Morgan fingerprint density at radius 1 is 1.13 bits per heavy atom. The third kappa shape index (κ3) is 5.17. The zero-order valence-corrected chi connectivity index (χ0v) is 13.7. The van der Waals surface area contributed by atoms with Crippen molar-refractivity contribution in [1.82, 2.24) is 5.32 Å². The number of nitrogens with one attached hydrogen (secondary N) is 2. The molecular weight excluding hydrogens is 318 g/mol. The molecule has 2 N–H and O–H groups in total. The Balaban J connectivity index is 1.84. The highest BCUT2D eigenvalue weighted by Crippen LogP contribution is 2.17. The number of rotatable bonds is 5. The third-order valence-corrected chi connectivity index (χ3v) is 3.32. The molecule has 0 aromatic heterocycles. The van der Waals surface area contributed by atoms with Crippen LogP contribution in [0.1, 0.15) is 12.5 Å². The fourth-order valence-electron chi connectivity index (χ4n) is 1.89. The molecule has 0 unspecified atom stereocenters. The number of halogens is 2. The van der Waals surface area contributed by atoms with E-state index >= 15 is 0 Å². The van der Waals surface area contributed by atoms with E-state index in [4.69, 9.17) is 17.0 Å². The summed E-state index contributed by atoms with van der Waals surface area (Å²) < 4.78 is 32.7. The molecule has 2 rings (SSSR count). The first-order chi connectivity index (χ1) is 11.0. The smallest absolute Gasteiger partial charge is 0.171 e. The Morgan fingerprint density at radius 2 is 1.74 bits per heavy atom. The van der Waals surface area contributed by atoms with Gasteiger partial charge in [-0.2, -0.15) is 0 Å². The van der Waals surface area contributed by atoms with E-state index < -0.39 is 11.6 Å². The van der Waals surface area contributed by atoms with Gasteiger partial charge >= 0.3 is 0 Å². The summed E-state index contributed by atoms with van der Waals surface area (Å²) in [7, 11) is 0. The van der Waals surface area contributed by atoms with Gasteiger partial charge in [-0.05, 0) is 50.3 Å². The highest BCUT2D eigenvalue weighted by Gasteiger charge is 2.11. The molecular formula is C17H18F2N2OS. The molecule has 0 heterocycles. The maximum Gasteiger partial charge on any atom is 0.171 e. The van der Waals surface area contributed by atoms with Crippen LogP contribution in [0.25, 0.3) is 0 Å². The minimum Gasteiger partial charge on any atom is -0.491 e. The largest absolute Gasteiger partial charge is 0.491 e. The van der Waals surface area contributed by atoms with E-state index in [1.165, 1.54) is 6.07 Å². The summed E-state index contributed by atoms with van der Waals surface area (Å²) >= 11 is 5.07. The number of benzene rings is 2. The minimum atomic E-state index is -0.697. The highest BCUT2D eigenvalue weighted by molar-refractivity contribution is 7.80. The standard InChI is InChI=1S/C17H18F2N2OS/c1-11-6-8-13(9-7-11)22-10-12(2)20-17(23)21-16-14(18)4-3-5-15(16)19/h3-9,12H,10H2,1-2H3,(H2,20,21,23)/t12-/m1/s1. The fraction of sp³-hybridized carbons (Fsp3) is 0.235. The lowest BCUT2D eigenvalue weighted by Gasteiger charge is -2.18. The Labute approximate surface area is 139 Å². The molecule has 0 saturated carbocycles. The maximum atomic E-state index is 13.5. The molecule has 0 amide bonds. The van der Waals surface area contributed by atoms with Gasteiger partial charge in [0.1, 0.15) is 29.7 Å². The van der Waals surface area contributed by atoms with Crippen LogP contribution in [0.5, 0.6) is 5.75 Å². The Bertz CT molecular complexity index is 657.